The predicted octanol–water partition coefficient (Wildman–Crippen LogP) is 4.10. The molecule has 2 aromatic carbocycles. The van der Waals surface area contributed by atoms with Gasteiger partial charge in [-0.15, -0.1) is 0 Å². The Hall–Kier alpha value is -2.66. The summed E-state index contributed by atoms with van der Waals surface area (Å²) < 4.78 is 5.21. The zero-order valence-corrected chi connectivity index (χ0v) is 14.9. The molecule has 0 saturated carbocycles. The van der Waals surface area contributed by atoms with E-state index < -0.39 is 0 Å². The van der Waals surface area contributed by atoms with E-state index in [2.05, 4.69) is 0 Å². The van der Waals surface area contributed by atoms with Gasteiger partial charge in [-0.25, -0.2) is 0 Å². The molecule has 0 N–H and O–H groups in total. The van der Waals surface area contributed by atoms with Gasteiger partial charge >= 0.3 is 5.97 Å². The van der Waals surface area contributed by atoms with E-state index in [0.29, 0.717) is 47.7 Å². The molecule has 6 heteroatoms. The minimum atomic E-state index is -0.348. The van der Waals surface area contributed by atoms with Crippen molar-refractivity contribution >= 4 is 29.4 Å². The second kappa shape index (κ2) is 8.15. The number of hydrogen-bond donors (Lipinski definition) is 0. The Bertz CT molecular complexity index is 814. The van der Waals surface area contributed by atoms with Gasteiger partial charge < -0.3 is 4.74 Å². The standard InChI is InChI=1S/C20H18ClNO4/c21-16-10-5-6-11-17(16)26-18(23)12-2-1-7-13-22-19(24)14-8-3-4-9-15(14)20(22)25/h3-6,8-11H,1-2,7,12-13H2. The highest BCUT2D eigenvalue weighted by Crippen LogP contribution is 2.24. The molecule has 5 nitrogen and oxygen atoms in total. The number of esters is 1. The highest BCUT2D eigenvalue weighted by Gasteiger charge is 2.34. The zero-order chi connectivity index (χ0) is 18.5. The van der Waals surface area contributed by atoms with E-state index in [1.807, 2.05) is 0 Å². The highest BCUT2D eigenvalue weighted by atomic mass is 35.5. The Morgan fingerprint density at radius 2 is 1.50 bits per heavy atom. The molecule has 2 aromatic rings. The molecule has 0 aromatic heterocycles. The molecule has 2 amide bonds. The molecule has 0 spiro atoms. The third-order valence-electron chi connectivity index (χ3n) is 4.20. The van der Waals surface area contributed by atoms with Crippen LogP contribution in [0.3, 0.4) is 0 Å². The molecule has 0 unspecified atom stereocenters. The topological polar surface area (TPSA) is 63.7 Å². The lowest BCUT2D eigenvalue weighted by Gasteiger charge is -2.13. The fraction of sp³-hybridized carbons (Fsp3) is 0.250. The van der Waals surface area contributed by atoms with Crippen LogP contribution in [-0.4, -0.2) is 29.2 Å². The maximum Gasteiger partial charge on any atom is 0.311 e. The Morgan fingerprint density at radius 1 is 0.885 bits per heavy atom. The van der Waals surface area contributed by atoms with Crippen molar-refractivity contribution in [3.8, 4) is 5.75 Å². The number of ether oxygens (including phenoxy) is 1. The van der Waals surface area contributed by atoms with Gasteiger partial charge in [0.15, 0.2) is 0 Å². The molecule has 1 aliphatic rings. The van der Waals surface area contributed by atoms with Gasteiger partial charge in [-0.05, 0) is 37.1 Å². The van der Waals surface area contributed by atoms with Crippen LogP contribution in [0.4, 0.5) is 0 Å². The average molecular weight is 372 g/mol. The summed E-state index contributed by atoms with van der Waals surface area (Å²) in [6, 6.07) is 13.6. The zero-order valence-electron chi connectivity index (χ0n) is 14.1. The van der Waals surface area contributed by atoms with Gasteiger partial charge in [0.2, 0.25) is 0 Å². The van der Waals surface area contributed by atoms with E-state index in [0.717, 1.165) is 0 Å². The van der Waals surface area contributed by atoms with Crippen LogP contribution in [0.5, 0.6) is 5.75 Å². The summed E-state index contributed by atoms with van der Waals surface area (Å²) in [6.45, 7) is 0.353. The van der Waals surface area contributed by atoms with Crippen molar-refractivity contribution < 1.29 is 19.1 Å². The minimum absolute atomic E-state index is 0.247. The Morgan fingerprint density at radius 3 is 2.15 bits per heavy atom. The summed E-state index contributed by atoms with van der Waals surface area (Å²) in [5.41, 5.74) is 0.918. The van der Waals surface area contributed by atoms with E-state index in [4.69, 9.17) is 16.3 Å². The van der Waals surface area contributed by atoms with Crippen molar-refractivity contribution in [3.05, 3.63) is 64.7 Å². The number of nitrogens with zero attached hydrogens (tertiary/aromatic N) is 1. The maximum absolute atomic E-state index is 12.2. The molecule has 3 rings (SSSR count). The lowest BCUT2D eigenvalue weighted by atomic mass is 10.1. The number of carbonyl (C=O) groups excluding carboxylic acids is 3. The first-order valence-electron chi connectivity index (χ1n) is 8.48. The quantitative estimate of drug-likeness (QED) is 0.318. The number of rotatable bonds is 7. The second-order valence-corrected chi connectivity index (χ2v) is 6.43. The van der Waals surface area contributed by atoms with Crippen molar-refractivity contribution in [1.82, 2.24) is 4.90 Å². The monoisotopic (exact) mass is 371 g/mol. The molecule has 0 fully saturated rings. The van der Waals surface area contributed by atoms with Crippen LogP contribution in [0.15, 0.2) is 48.5 Å². The molecular weight excluding hydrogens is 354 g/mol. The van der Waals surface area contributed by atoms with Gasteiger partial charge in [0.1, 0.15) is 5.75 Å². The number of halogens is 1. The first kappa shape index (κ1) is 18.1. The Kier molecular flexibility index (Phi) is 5.68. The molecular formula is C20H18ClNO4. The summed E-state index contributed by atoms with van der Waals surface area (Å²) in [4.78, 5) is 37.6. The lowest BCUT2D eigenvalue weighted by Crippen LogP contribution is -2.30. The molecule has 0 aliphatic carbocycles. The molecule has 0 bridgehead atoms. The van der Waals surface area contributed by atoms with Gasteiger partial charge in [0.05, 0.1) is 16.1 Å². The van der Waals surface area contributed by atoms with Crippen LogP contribution in [0, 0.1) is 0 Å². The number of benzene rings is 2. The van der Waals surface area contributed by atoms with Crippen LogP contribution in [0.1, 0.15) is 46.4 Å². The molecule has 1 heterocycles. The highest BCUT2D eigenvalue weighted by molar-refractivity contribution is 6.32. The summed E-state index contributed by atoms with van der Waals surface area (Å²) in [5.74, 6) is -0.489. The second-order valence-electron chi connectivity index (χ2n) is 6.02. The van der Waals surface area contributed by atoms with Crippen LogP contribution in [0.25, 0.3) is 0 Å². The fourth-order valence-electron chi connectivity index (χ4n) is 2.86. The first-order valence-corrected chi connectivity index (χ1v) is 8.86. The number of imide groups is 1. The number of unbranched alkanes of at least 4 members (excludes halogenated alkanes) is 2. The summed E-state index contributed by atoms with van der Waals surface area (Å²) in [5, 5.41) is 0.395. The number of fused-ring (bicyclic) bond motifs is 1. The third-order valence-corrected chi connectivity index (χ3v) is 4.51. The lowest BCUT2D eigenvalue weighted by molar-refractivity contribution is -0.134. The van der Waals surface area contributed by atoms with Crippen molar-refractivity contribution in [2.45, 2.75) is 25.7 Å². The number of amides is 2. The molecule has 1 aliphatic heterocycles. The summed E-state index contributed by atoms with van der Waals surface area (Å²) in [7, 11) is 0. The molecule has 26 heavy (non-hydrogen) atoms. The van der Waals surface area contributed by atoms with Gasteiger partial charge in [-0.1, -0.05) is 42.3 Å². The van der Waals surface area contributed by atoms with E-state index in [1.165, 1.54) is 4.90 Å². The Labute approximate surface area is 156 Å². The van der Waals surface area contributed by atoms with Crippen LogP contribution in [0.2, 0.25) is 5.02 Å². The molecule has 0 radical (unpaired) electrons. The van der Waals surface area contributed by atoms with E-state index in [9.17, 15) is 14.4 Å². The maximum atomic E-state index is 12.2. The van der Waals surface area contributed by atoms with Crippen molar-refractivity contribution in [2.75, 3.05) is 6.54 Å². The molecule has 134 valence electrons. The molecule has 0 saturated heterocycles. The molecule has 0 atom stereocenters. The minimum Gasteiger partial charge on any atom is -0.425 e. The van der Waals surface area contributed by atoms with Crippen molar-refractivity contribution in [2.24, 2.45) is 0 Å². The number of carbonyl (C=O) groups is 3. The Balaban J connectivity index is 1.40. The first-order chi connectivity index (χ1) is 12.6. The number of hydrogen-bond acceptors (Lipinski definition) is 4. The predicted molar refractivity (Wildman–Crippen MR) is 97.4 cm³/mol. The van der Waals surface area contributed by atoms with E-state index >= 15 is 0 Å². The van der Waals surface area contributed by atoms with Gasteiger partial charge in [-0.3, -0.25) is 19.3 Å². The average Bonchev–Trinajstić information content (AvgIpc) is 2.88. The van der Waals surface area contributed by atoms with Crippen molar-refractivity contribution in [1.29, 1.82) is 0 Å². The van der Waals surface area contributed by atoms with Gasteiger partial charge in [0, 0.05) is 13.0 Å². The third kappa shape index (κ3) is 3.94. The van der Waals surface area contributed by atoms with Crippen LogP contribution >= 0.6 is 11.6 Å². The van der Waals surface area contributed by atoms with E-state index in [-0.39, 0.29) is 24.2 Å². The SMILES string of the molecule is O=C(CCCCCN1C(=O)c2ccccc2C1=O)Oc1ccccc1Cl. The summed E-state index contributed by atoms with van der Waals surface area (Å²) in [6.07, 6.45) is 2.23. The van der Waals surface area contributed by atoms with Gasteiger partial charge in [-0.2, -0.15) is 0 Å². The smallest absolute Gasteiger partial charge is 0.311 e. The van der Waals surface area contributed by atoms with E-state index in [1.54, 1.807) is 48.5 Å². The normalized spacial score (nSPS) is 13.0. The van der Waals surface area contributed by atoms with Gasteiger partial charge in [0.25, 0.3) is 11.8 Å². The van der Waals surface area contributed by atoms with Crippen LogP contribution in [-0.2, 0) is 4.79 Å². The number of para-hydroxylation sites is 1. The van der Waals surface area contributed by atoms with Crippen LogP contribution < -0.4 is 4.74 Å². The fourth-order valence-corrected chi connectivity index (χ4v) is 3.03. The van der Waals surface area contributed by atoms with Crippen molar-refractivity contribution in [3.63, 3.8) is 0 Å². The largest absolute Gasteiger partial charge is 0.425 e. The summed E-state index contributed by atoms with van der Waals surface area (Å²) >= 11 is 5.94.